The third-order valence-electron chi connectivity index (χ3n) is 4.46. The van der Waals surface area contributed by atoms with Gasteiger partial charge in [-0.05, 0) is 65.0 Å². The highest BCUT2D eigenvalue weighted by atomic mass is 35.5. The molecule has 0 atom stereocenters. The summed E-state index contributed by atoms with van der Waals surface area (Å²) >= 11 is 6.65. The molecule has 164 valence electrons. The Labute approximate surface area is 184 Å². The summed E-state index contributed by atoms with van der Waals surface area (Å²) in [5, 5.41) is 3.52. The maximum absolute atomic E-state index is 12.8. The monoisotopic (exact) mass is 451 g/mol. The summed E-state index contributed by atoms with van der Waals surface area (Å²) in [5.41, 5.74) is 2.52. The minimum Gasteiger partial charge on any atom is -0.544 e. The molecule has 1 aliphatic heterocycles. The lowest BCUT2D eigenvalue weighted by atomic mass is 9.80. The second kappa shape index (κ2) is 9.70. The second-order valence-corrected chi connectivity index (χ2v) is 12.8. The van der Waals surface area contributed by atoms with Gasteiger partial charge in [-0.15, -0.1) is 0 Å². The van der Waals surface area contributed by atoms with Crippen LogP contribution in [0.4, 0.5) is 0 Å². The quantitative estimate of drug-likeness (QED) is 0.468. The molecule has 1 heterocycles. The van der Waals surface area contributed by atoms with Crippen LogP contribution in [-0.2, 0) is 19.1 Å². The average Bonchev–Trinajstić information content (AvgIpc) is 2.60. The van der Waals surface area contributed by atoms with E-state index in [0.29, 0.717) is 38.9 Å². The van der Waals surface area contributed by atoms with Crippen LogP contribution < -0.4 is 9.74 Å². The standard InChI is InChI=1S/C22H30ClNO5Si/c1-8-27-21(25)18-13(3)24-14(4)19(22(26)28-9-2)20(18)16-11-10-15(12-17(16)23)29-30(5,6)7/h10-12,20,24H,8-9H2,1-7H3. The van der Waals surface area contributed by atoms with Crippen LogP contribution in [-0.4, -0.2) is 33.5 Å². The van der Waals surface area contributed by atoms with E-state index < -0.39 is 26.2 Å². The Kier molecular flexibility index (Phi) is 7.77. The number of hydrogen-bond acceptors (Lipinski definition) is 6. The largest absolute Gasteiger partial charge is 0.544 e. The molecule has 6 nitrogen and oxygen atoms in total. The van der Waals surface area contributed by atoms with E-state index in [1.54, 1.807) is 39.8 Å². The van der Waals surface area contributed by atoms with E-state index in [0.717, 1.165) is 0 Å². The number of hydrogen-bond donors (Lipinski definition) is 1. The predicted molar refractivity (Wildman–Crippen MR) is 120 cm³/mol. The molecule has 0 bridgehead atoms. The van der Waals surface area contributed by atoms with Crippen molar-refractivity contribution in [2.45, 2.75) is 53.3 Å². The van der Waals surface area contributed by atoms with E-state index in [1.165, 1.54) is 0 Å². The highest BCUT2D eigenvalue weighted by Gasteiger charge is 2.39. The number of ether oxygens (including phenoxy) is 2. The lowest BCUT2D eigenvalue weighted by Crippen LogP contribution is -2.32. The van der Waals surface area contributed by atoms with Crippen LogP contribution in [0.3, 0.4) is 0 Å². The Hall–Kier alpha value is -2.25. The van der Waals surface area contributed by atoms with Gasteiger partial charge in [0, 0.05) is 16.4 Å². The number of allylic oxidation sites excluding steroid dienone is 2. The summed E-state index contributed by atoms with van der Waals surface area (Å²) < 4.78 is 16.6. The molecule has 0 radical (unpaired) electrons. The SMILES string of the molecule is CCOC(=O)C1=C(C)NC(C)=C(C(=O)OCC)C1c1ccc(O[Si](C)(C)C)cc1Cl. The van der Waals surface area contributed by atoms with Gasteiger partial charge in [-0.2, -0.15) is 0 Å². The summed E-state index contributed by atoms with van der Waals surface area (Å²) in [6.45, 7) is 13.7. The maximum Gasteiger partial charge on any atom is 0.336 e. The topological polar surface area (TPSA) is 73.9 Å². The molecule has 0 amide bonds. The zero-order valence-electron chi connectivity index (χ0n) is 18.6. The summed E-state index contributed by atoms with van der Waals surface area (Å²) in [7, 11) is -1.82. The Morgan fingerprint density at radius 3 is 1.90 bits per heavy atom. The number of halogens is 1. The molecule has 0 fully saturated rings. The fraction of sp³-hybridized carbons (Fsp3) is 0.455. The van der Waals surface area contributed by atoms with Crippen molar-refractivity contribution in [3.63, 3.8) is 0 Å². The smallest absolute Gasteiger partial charge is 0.336 e. The average molecular weight is 452 g/mol. The van der Waals surface area contributed by atoms with Gasteiger partial charge >= 0.3 is 11.9 Å². The Morgan fingerprint density at radius 1 is 1.00 bits per heavy atom. The molecule has 0 aromatic heterocycles. The Bertz CT molecular complexity index is 861. The number of carbonyl (C=O) groups excluding carboxylic acids is 2. The second-order valence-electron chi connectivity index (χ2n) is 7.97. The maximum atomic E-state index is 12.8. The van der Waals surface area contributed by atoms with Crippen molar-refractivity contribution in [2.75, 3.05) is 13.2 Å². The third kappa shape index (κ3) is 5.46. The minimum absolute atomic E-state index is 0.219. The van der Waals surface area contributed by atoms with E-state index in [4.69, 9.17) is 25.5 Å². The lowest BCUT2D eigenvalue weighted by molar-refractivity contribution is -0.139. The molecule has 1 aliphatic rings. The van der Waals surface area contributed by atoms with Crippen LogP contribution in [0.2, 0.25) is 24.7 Å². The van der Waals surface area contributed by atoms with Crippen LogP contribution in [0.1, 0.15) is 39.2 Å². The van der Waals surface area contributed by atoms with Gasteiger partial charge in [0.2, 0.25) is 8.32 Å². The molecule has 0 spiro atoms. The lowest BCUT2D eigenvalue weighted by Gasteiger charge is -2.31. The Balaban J connectivity index is 2.64. The van der Waals surface area contributed by atoms with Gasteiger partial charge in [0.05, 0.1) is 30.3 Å². The molecule has 0 saturated carbocycles. The molecule has 0 aliphatic carbocycles. The van der Waals surface area contributed by atoms with Gasteiger partial charge in [0.25, 0.3) is 0 Å². The van der Waals surface area contributed by atoms with E-state index in [2.05, 4.69) is 25.0 Å². The van der Waals surface area contributed by atoms with Crippen molar-refractivity contribution in [1.29, 1.82) is 0 Å². The molecule has 2 rings (SSSR count). The summed E-state index contributed by atoms with van der Waals surface area (Å²) in [5.74, 6) is -1.05. The number of nitrogens with one attached hydrogen (secondary N) is 1. The first kappa shape index (κ1) is 24.0. The number of rotatable bonds is 7. The molecule has 1 aromatic carbocycles. The molecule has 30 heavy (non-hydrogen) atoms. The molecule has 8 heteroatoms. The molecular weight excluding hydrogens is 422 g/mol. The van der Waals surface area contributed by atoms with Gasteiger partial charge in [-0.25, -0.2) is 9.59 Å². The summed E-state index contributed by atoms with van der Waals surface area (Å²) in [6.07, 6.45) is 0. The fourth-order valence-corrected chi connectivity index (χ4v) is 4.54. The van der Waals surface area contributed by atoms with Crippen molar-refractivity contribution in [2.24, 2.45) is 0 Å². The predicted octanol–water partition coefficient (Wildman–Crippen LogP) is 4.91. The molecule has 0 unspecified atom stereocenters. The Morgan fingerprint density at radius 2 is 1.50 bits per heavy atom. The first-order valence-electron chi connectivity index (χ1n) is 10.0. The van der Waals surface area contributed by atoms with Gasteiger partial charge in [-0.3, -0.25) is 0 Å². The zero-order valence-corrected chi connectivity index (χ0v) is 20.4. The normalized spacial score (nSPS) is 15.1. The van der Waals surface area contributed by atoms with Crippen LogP contribution in [0.15, 0.2) is 40.7 Å². The summed E-state index contributed by atoms with van der Waals surface area (Å²) in [6, 6.07) is 5.35. The van der Waals surface area contributed by atoms with Crippen LogP contribution >= 0.6 is 11.6 Å². The van der Waals surface area contributed by atoms with Crippen molar-refractivity contribution in [1.82, 2.24) is 5.32 Å². The van der Waals surface area contributed by atoms with Crippen LogP contribution in [0.25, 0.3) is 0 Å². The molecular formula is C22H30ClNO5Si. The fourth-order valence-electron chi connectivity index (χ4n) is 3.42. The highest BCUT2D eigenvalue weighted by molar-refractivity contribution is 6.70. The van der Waals surface area contributed by atoms with Crippen molar-refractivity contribution >= 4 is 31.9 Å². The first-order valence-corrected chi connectivity index (χ1v) is 13.8. The molecule has 1 N–H and O–H groups in total. The van der Waals surface area contributed by atoms with Crippen molar-refractivity contribution < 1.29 is 23.5 Å². The van der Waals surface area contributed by atoms with Crippen molar-refractivity contribution in [3.8, 4) is 5.75 Å². The van der Waals surface area contributed by atoms with Gasteiger partial charge in [-0.1, -0.05) is 17.7 Å². The van der Waals surface area contributed by atoms with Gasteiger partial charge < -0.3 is 19.2 Å². The number of benzene rings is 1. The molecule has 1 aromatic rings. The first-order chi connectivity index (χ1) is 14.0. The highest BCUT2D eigenvalue weighted by Crippen LogP contribution is 2.42. The van der Waals surface area contributed by atoms with Crippen LogP contribution in [0, 0.1) is 0 Å². The zero-order chi connectivity index (χ0) is 22.6. The van der Waals surface area contributed by atoms with Gasteiger partial charge in [0.1, 0.15) is 5.75 Å². The number of esters is 2. The number of dihydropyridines is 1. The number of carbonyl (C=O) groups is 2. The third-order valence-corrected chi connectivity index (χ3v) is 5.63. The van der Waals surface area contributed by atoms with Crippen molar-refractivity contribution in [3.05, 3.63) is 51.3 Å². The van der Waals surface area contributed by atoms with E-state index in [9.17, 15) is 9.59 Å². The minimum atomic E-state index is -1.82. The van der Waals surface area contributed by atoms with E-state index in [-0.39, 0.29) is 13.2 Å². The summed E-state index contributed by atoms with van der Waals surface area (Å²) in [4.78, 5) is 25.7. The van der Waals surface area contributed by atoms with Crippen LogP contribution in [0.5, 0.6) is 5.75 Å². The van der Waals surface area contributed by atoms with E-state index >= 15 is 0 Å². The van der Waals surface area contributed by atoms with Gasteiger partial charge in [0.15, 0.2) is 0 Å². The van der Waals surface area contributed by atoms with E-state index in [1.807, 2.05) is 6.07 Å². The molecule has 0 saturated heterocycles.